The maximum atomic E-state index is 13.8. The van der Waals surface area contributed by atoms with Crippen molar-refractivity contribution in [3.05, 3.63) is 41.6 Å². The quantitative estimate of drug-likeness (QED) is 0.731. The van der Waals surface area contributed by atoms with E-state index >= 15 is 0 Å². The molecule has 2 heterocycles. The van der Waals surface area contributed by atoms with E-state index in [2.05, 4.69) is 15.1 Å². The summed E-state index contributed by atoms with van der Waals surface area (Å²) in [5, 5.41) is 4.86. The smallest absolute Gasteiger partial charge is 0.168 e. The predicted octanol–water partition coefficient (Wildman–Crippen LogP) is 2.19. The van der Waals surface area contributed by atoms with E-state index in [0.29, 0.717) is 16.9 Å². The highest BCUT2D eigenvalue weighted by atomic mass is 35.5. The van der Waals surface area contributed by atoms with Gasteiger partial charge in [-0.25, -0.2) is 19.0 Å². The van der Waals surface area contributed by atoms with Crippen LogP contribution in [0.25, 0.3) is 16.7 Å². The molecule has 0 aliphatic carbocycles. The molecule has 0 aliphatic rings. The second kappa shape index (κ2) is 3.92. The second-order valence-electron chi connectivity index (χ2n) is 3.62. The minimum atomic E-state index is -0.482. The van der Waals surface area contributed by atoms with Crippen molar-refractivity contribution in [2.24, 2.45) is 0 Å². The molecule has 0 saturated heterocycles. The molecule has 2 N–H and O–H groups in total. The first kappa shape index (κ1) is 10.9. The van der Waals surface area contributed by atoms with E-state index in [1.807, 2.05) is 0 Å². The van der Waals surface area contributed by atoms with Crippen LogP contribution in [0, 0.1) is 5.82 Å². The van der Waals surface area contributed by atoms with Gasteiger partial charge in [0.05, 0.1) is 16.6 Å². The number of halogens is 2. The largest absolute Gasteiger partial charge is 0.383 e. The van der Waals surface area contributed by atoms with Crippen molar-refractivity contribution in [1.29, 1.82) is 0 Å². The summed E-state index contributed by atoms with van der Waals surface area (Å²) >= 11 is 5.99. The number of fused-ring (bicyclic) bond motifs is 1. The molecule has 2 aromatic heterocycles. The van der Waals surface area contributed by atoms with Gasteiger partial charge in [-0.15, -0.1) is 0 Å². The molecule has 1 aromatic carbocycles. The average molecular weight is 264 g/mol. The Kier molecular flexibility index (Phi) is 2.38. The Hall–Kier alpha value is -2.21. The molecule has 3 rings (SSSR count). The Morgan fingerprint density at radius 2 is 2.11 bits per heavy atom. The lowest BCUT2D eigenvalue weighted by Crippen LogP contribution is -2.02. The molecule has 0 amide bonds. The van der Waals surface area contributed by atoms with Gasteiger partial charge in [-0.05, 0) is 12.1 Å². The fourth-order valence-corrected chi connectivity index (χ4v) is 1.96. The third kappa shape index (κ3) is 1.50. The molecule has 0 unspecified atom stereocenters. The highest BCUT2D eigenvalue weighted by Crippen LogP contribution is 2.26. The van der Waals surface area contributed by atoms with Gasteiger partial charge in [0.2, 0.25) is 0 Å². The first-order valence-corrected chi connectivity index (χ1v) is 5.45. The lowest BCUT2D eigenvalue weighted by molar-refractivity contribution is 0.612. The van der Waals surface area contributed by atoms with E-state index in [9.17, 15) is 4.39 Å². The molecule has 0 atom stereocenters. The SMILES string of the molecule is Nc1ncnc2c1cnn2-c1c(F)cccc1Cl. The van der Waals surface area contributed by atoms with Crippen molar-refractivity contribution in [2.75, 3.05) is 5.73 Å². The van der Waals surface area contributed by atoms with Crippen LogP contribution in [-0.4, -0.2) is 19.7 Å². The summed E-state index contributed by atoms with van der Waals surface area (Å²) in [6.07, 6.45) is 2.78. The molecule has 0 spiro atoms. The second-order valence-corrected chi connectivity index (χ2v) is 4.03. The fraction of sp³-hybridized carbons (Fsp3) is 0. The number of benzene rings is 1. The van der Waals surface area contributed by atoms with Crippen molar-refractivity contribution in [3.8, 4) is 5.69 Å². The lowest BCUT2D eigenvalue weighted by atomic mass is 10.3. The number of anilines is 1. The minimum absolute atomic E-state index is 0.146. The van der Waals surface area contributed by atoms with Crippen molar-refractivity contribution in [2.45, 2.75) is 0 Å². The summed E-state index contributed by atoms with van der Waals surface area (Å²) in [5.41, 5.74) is 6.25. The summed E-state index contributed by atoms with van der Waals surface area (Å²) in [6.45, 7) is 0. The Balaban J connectivity index is 2.36. The van der Waals surface area contributed by atoms with Crippen LogP contribution in [0.3, 0.4) is 0 Å². The molecule has 18 heavy (non-hydrogen) atoms. The number of hydrogen-bond donors (Lipinski definition) is 1. The zero-order valence-electron chi connectivity index (χ0n) is 9.01. The number of hydrogen-bond acceptors (Lipinski definition) is 4. The molecular formula is C11H7ClFN5. The van der Waals surface area contributed by atoms with Crippen LogP contribution in [0.2, 0.25) is 5.02 Å². The van der Waals surface area contributed by atoms with Gasteiger partial charge in [-0.1, -0.05) is 17.7 Å². The third-order valence-corrected chi connectivity index (χ3v) is 2.85. The monoisotopic (exact) mass is 263 g/mol. The van der Waals surface area contributed by atoms with Crippen molar-refractivity contribution in [3.63, 3.8) is 0 Å². The Labute approximate surface area is 106 Å². The third-order valence-electron chi connectivity index (χ3n) is 2.55. The summed E-state index contributed by atoms with van der Waals surface area (Å²) in [4.78, 5) is 7.89. The highest BCUT2D eigenvalue weighted by molar-refractivity contribution is 6.32. The van der Waals surface area contributed by atoms with Gasteiger partial charge in [0.1, 0.15) is 23.6 Å². The molecule has 90 valence electrons. The molecule has 0 saturated carbocycles. The first-order chi connectivity index (χ1) is 8.68. The van der Waals surface area contributed by atoms with Crippen LogP contribution in [-0.2, 0) is 0 Å². The topological polar surface area (TPSA) is 69.6 Å². The Bertz CT molecular complexity index is 719. The van der Waals surface area contributed by atoms with Gasteiger partial charge in [0.25, 0.3) is 0 Å². The first-order valence-electron chi connectivity index (χ1n) is 5.07. The van der Waals surface area contributed by atoms with Gasteiger partial charge < -0.3 is 5.73 Å². The van der Waals surface area contributed by atoms with E-state index in [4.69, 9.17) is 17.3 Å². The molecule has 7 heteroatoms. The molecule has 0 fully saturated rings. The molecule has 5 nitrogen and oxygen atoms in total. The lowest BCUT2D eigenvalue weighted by Gasteiger charge is -2.06. The number of nitrogen functional groups attached to an aromatic ring is 1. The predicted molar refractivity (Wildman–Crippen MR) is 66.0 cm³/mol. The van der Waals surface area contributed by atoms with E-state index in [-0.39, 0.29) is 10.7 Å². The Morgan fingerprint density at radius 1 is 1.28 bits per heavy atom. The number of nitrogens with two attached hydrogens (primary N) is 1. The minimum Gasteiger partial charge on any atom is -0.383 e. The van der Waals surface area contributed by atoms with Gasteiger partial charge in [0, 0.05) is 0 Å². The summed E-state index contributed by atoms with van der Waals surface area (Å²) < 4.78 is 15.1. The maximum absolute atomic E-state index is 13.8. The molecule has 0 bridgehead atoms. The molecule has 3 aromatic rings. The van der Waals surface area contributed by atoms with Crippen LogP contribution in [0.5, 0.6) is 0 Å². The molecule has 0 radical (unpaired) electrons. The van der Waals surface area contributed by atoms with Crippen molar-refractivity contribution < 1.29 is 4.39 Å². The standard InChI is InChI=1S/C11H7ClFN5/c12-7-2-1-3-8(13)9(7)18-11-6(4-17-18)10(14)15-5-16-11/h1-5H,(H2,14,15,16). The van der Waals surface area contributed by atoms with Crippen LogP contribution >= 0.6 is 11.6 Å². The highest BCUT2D eigenvalue weighted by Gasteiger charge is 2.15. The zero-order chi connectivity index (χ0) is 12.7. The van der Waals surface area contributed by atoms with E-state index in [0.717, 1.165) is 0 Å². The Morgan fingerprint density at radius 3 is 2.89 bits per heavy atom. The van der Waals surface area contributed by atoms with Crippen LogP contribution in [0.4, 0.5) is 10.2 Å². The van der Waals surface area contributed by atoms with Crippen LogP contribution in [0.1, 0.15) is 0 Å². The number of aromatic nitrogens is 4. The summed E-state index contributed by atoms with van der Waals surface area (Å²) in [7, 11) is 0. The number of rotatable bonds is 1. The van der Waals surface area contributed by atoms with Gasteiger partial charge in [-0.2, -0.15) is 5.10 Å². The van der Waals surface area contributed by atoms with Crippen LogP contribution < -0.4 is 5.73 Å². The molecule has 0 aliphatic heterocycles. The average Bonchev–Trinajstić information content (AvgIpc) is 2.75. The van der Waals surface area contributed by atoms with Crippen molar-refractivity contribution >= 4 is 28.5 Å². The van der Waals surface area contributed by atoms with E-state index in [1.165, 1.54) is 29.3 Å². The summed E-state index contributed by atoms with van der Waals surface area (Å²) in [6, 6.07) is 4.41. The fourth-order valence-electron chi connectivity index (χ4n) is 1.72. The maximum Gasteiger partial charge on any atom is 0.168 e. The van der Waals surface area contributed by atoms with E-state index < -0.39 is 5.82 Å². The normalized spacial score (nSPS) is 11.0. The van der Waals surface area contributed by atoms with Gasteiger partial charge >= 0.3 is 0 Å². The summed E-state index contributed by atoms with van der Waals surface area (Å²) in [5.74, 6) is -0.191. The van der Waals surface area contributed by atoms with Gasteiger partial charge in [0.15, 0.2) is 5.65 Å². The zero-order valence-corrected chi connectivity index (χ0v) is 9.76. The van der Waals surface area contributed by atoms with E-state index in [1.54, 1.807) is 6.07 Å². The van der Waals surface area contributed by atoms with Crippen LogP contribution in [0.15, 0.2) is 30.7 Å². The number of nitrogens with zero attached hydrogens (tertiary/aromatic N) is 4. The van der Waals surface area contributed by atoms with Crippen molar-refractivity contribution in [1.82, 2.24) is 19.7 Å². The number of para-hydroxylation sites is 1. The van der Waals surface area contributed by atoms with Gasteiger partial charge in [-0.3, -0.25) is 0 Å². The molecular weight excluding hydrogens is 257 g/mol.